The van der Waals surface area contributed by atoms with Crippen LogP contribution in [0.25, 0.3) is 5.52 Å². The van der Waals surface area contributed by atoms with Gasteiger partial charge in [-0.15, -0.1) is 0 Å². The monoisotopic (exact) mass is 252 g/mol. The van der Waals surface area contributed by atoms with Gasteiger partial charge in [0.1, 0.15) is 11.6 Å². The maximum atomic E-state index is 5.27. The van der Waals surface area contributed by atoms with E-state index in [0.717, 1.165) is 23.5 Å². The number of hydrogen-bond acceptors (Lipinski definition) is 2. The second-order valence-electron chi connectivity index (χ2n) is 4.64. The molecular weight excluding hydrogens is 236 g/mol. The number of nitrogens with zero attached hydrogens (tertiary/aromatic N) is 2. The van der Waals surface area contributed by atoms with E-state index in [1.165, 1.54) is 11.1 Å². The van der Waals surface area contributed by atoms with Gasteiger partial charge in [-0.2, -0.15) is 0 Å². The molecular formula is C16H16N2O. The summed E-state index contributed by atoms with van der Waals surface area (Å²) in [6, 6.07) is 12.4. The Kier molecular flexibility index (Phi) is 2.95. The van der Waals surface area contributed by atoms with Crippen LogP contribution in [-0.2, 0) is 6.42 Å². The van der Waals surface area contributed by atoms with Crippen molar-refractivity contribution in [3.63, 3.8) is 0 Å². The van der Waals surface area contributed by atoms with Gasteiger partial charge in [-0.3, -0.25) is 4.40 Å². The summed E-state index contributed by atoms with van der Waals surface area (Å²) in [5, 5.41) is 0. The van der Waals surface area contributed by atoms with Crippen LogP contribution in [0.1, 0.15) is 17.0 Å². The molecule has 0 amide bonds. The Labute approximate surface area is 112 Å². The number of rotatable bonds is 3. The average molecular weight is 252 g/mol. The Balaban J connectivity index is 2.03. The lowest BCUT2D eigenvalue weighted by atomic mass is 10.1. The zero-order valence-electron chi connectivity index (χ0n) is 11.1. The molecule has 0 fully saturated rings. The van der Waals surface area contributed by atoms with Crippen molar-refractivity contribution in [2.45, 2.75) is 13.3 Å². The first-order chi connectivity index (χ1) is 9.28. The van der Waals surface area contributed by atoms with E-state index in [4.69, 9.17) is 4.74 Å². The summed E-state index contributed by atoms with van der Waals surface area (Å²) >= 11 is 0. The Morgan fingerprint density at radius 1 is 1.16 bits per heavy atom. The zero-order chi connectivity index (χ0) is 13.2. The molecule has 0 aliphatic carbocycles. The summed E-state index contributed by atoms with van der Waals surface area (Å²) in [4.78, 5) is 4.51. The van der Waals surface area contributed by atoms with Crippen molar-refractivity contribution in [2.24, 2.45) is 0 Å². The minimum atomic E-state index is 0.827. The third-order valence-electron chi connectivity index (χ3n) is 3.42. The van der Waals surface area contributed by atoms with Crippen LogP contribution < -0.4 is 4.74 Å². The number of fused-ring (bicyclic) bond motifs is 1. The van der Waals surface area contributed by atoms with Crippen LogP contribution in [0.15, 0.2) is 48.8 Å². The number of aryl methyl sites for hydroxylation is 1. The minimum absolute atomic E-state index is 0.827. The third-order valence-corrected chi connectivity index (χ3v) is 3.42. The molecule has 0 bridgehead atoms. The molecule has 0 saturated carbocycles. The van der Waals surface area contributed by atoms with E-state index < -0.39 is 0 Å². The standard InChI is InChI=1S/C16H16N2O/c1-12-5-3-4-6-13(12)9-16-17-10-14-7-8-15(19-2)11-18(14)16/h3-8,10-11H,9H2,1-2H3. The Morgan fingerprint density at radius 3 is 2.79 bits per heavy atom. The molecule has 1 aromatic carbocycles. The molecule has 0 saturated heterocycles. The molecule has 0 aliphatic rings. The van der Waals surface area contributed by atoms with Gasteiger partial charge in [-0.25, -0.2) is 4.98 Å². The lowest BCUT2D eigenvalue weighted by molar-refractivity contribution is 0.412. The topological polar surface area (TPSA) is 26.5 Å². The second kappa shape index (κ2) is 4.76. The zero-order valence-corrected chi connectivity index (χ0v) is 11.1. The fourth-order valence-corrected chi connectivity index (χ4v) is 2.25. The molecule has 2 heterocycles. The van der Waals surface area contributed by atoms with Gasteiger partial charge in [0.25, 0.3) is 0 Å². The van der Waals surface area contributed by atoms with Crippen LogP contribution in [0, 0.1) is 6.92 Å². The smallest absolute Gasteiger partial charge is 0.135 e. The lowest BCUT2D eigenvalue weighted by Crippen LogP contribution is -1.98. The van der Waals surface area contributed by atoms with Gasteiger partial charge in [-0.05, 0) is 30.2 Å². The fourth-order valence-electron chi connectivity index (χ4n) is 2.25. The number of pyridine rings is 1. The number of imidazole rings is 1. The third kappa shape index (κ3) is 2.19. The van der Waals surface area contributed by atoms with Gasteiger partial charge in [-0.1, -0.05) is 24.3 Å². The largest absolute Gasteiger partial charge is 0.495 e. The minimum Gasteiger partial charge on any atom is -0.495 e. The quantitative estimate of drug-likeness (QED) is 0.715. The summed E-state index contributed by atoms with van der Waals surface area (Å²) in [6.07, 6.45) is 4.71. The molecule has 0 spiro atoms. The predicted molar refractivity (Wildman–Crippen MR) is 75.7 cm³/mol. The summed E-state index contributed by atoms with van der Waals surface area (Å²) in [5.74, 6) is 1.87. The van der Waals surface area contributed by atoms with Crippen LogP contribution in [0.3, 0.4) is 0 Å². The summed E-state index contributed by atoms with van der Waals surface area (Å²) in [5.41, 5.74) is 3.68. The van der Waals surface area contributed by atoms with E-state index in [9.17, 15) is 0 Å². The van der Waals surface area contributed by atoms with Gasteiger partial charge >= 0.3 is 0 Å². The molecule has 0 aliphatic heterocycles. The lowest BCUT2D eigenvalue weighted by Gasteiger charge is -2.06. The van der Waals surface area contributed by atoms with Gasteiger partial charge < -0.3 is 4.74 Å². The maximum absolute atomic E-state index is 5.27. The molecule has 3 aromatic rings. The maximum Gasteiger partial charge on any atom is 0.135 e. The van der Waals surface area contributed by atoms with Crippen LogP contribution in [0.2, 0.25) is 0 Å². The molecule has 96 valence electrons. The van der Waals surface area contributed by atoms with Crippen molar-refractivity contribution in [1.29, 1.82) is 0 Å². The van der Waals surface area contributed by atoms with E-state index in [2.05, 4.69) is 40.6 Å². The number of hydrogen-bond donors (Lipinski definition) is 0. The van der Waals surface area contributed by atoms with Gasteiger partial charge in [0.15, 0.2) is 0 Å². The predicted octanol–water partition coefficient (Wildman–Crippen LogP) is 3.24. The van der Waals surface area contributed by atoms with E-state index in [1.54, 1.807) is 7.11 Å². The average Bonchev–Trinajstić information content (AvgIpc) is 2.84. The van der Waals surface area contributed by atoms with E-state index >= 15 is 0 Å². The normalized spacial score (nSPS) is 10.8. The molecule has 0 atom stereocenters. The van der Waals surface area contributed by atoms with Crippen molar-refractivity contribution in [2.75, 3.05) is 7.11 Å². The van der Waals surface area contributed by atoms with Crippen molar-refractivity contribution in [3.05, 3.63) is 65.7 Å². The highest BCUT2D eigenvalue weighted by Crippen LogP contribution is 2.18. The van der Waals surface area contributed by atoms with Crippen LogP contribution >= 0.6 is 0 Å². The van der Waals surface area contributed by atoms with E-state index in [0.29, 0.717) is 0 Å². The van der Waals surface area contributed by atoms with Gasteiger partial charge in [0, 0.05) is 6.42 Å². The number of benzene rings is 1. The van der Waals surface area contributed by atoms with E-state index in [-0.39, 0.29) is 0 Å². The number of ether oxygens (including phenoxy) is 1. The first kappa shape index (κ1) is 11.8. The molecule has 3 rings (SSSR count). The van der Waals surface area contributed by atoms with Crippen LogP contribution in [0.4, 0.5) is 0 Å². The van der Waals surface area contributed by atoms with Crippen molar-refractivity contribution in [3.8, 4) is 5.75 Å². The first-order valence-electron chi connectivity index (χ1n) is 6.32. The Bertz CT molecular complexity index is 716. The molecule has 0 unspecified atom stereocenters. The molecule has 0 radical (unpaired) electrons. The SMILES string of the molecule is COc1ccc2cnc(Cc3ccccc3C)n2c1. The van der Waals surface area contributed by atoms with E-state index in [1.807, 2.05) is 24.5 Å². The second-order valence-corrected chi connectivity index (χ2v) is 4.64. The fraction of sp³-hybridized carbons (Fsp3) is 0.188. The molecule has 2 aromatic heterocycles. The Morgan fingerprint density at radius 2 is 2.00 bits per heavy atom. The summed E-state index contributed by atoms with van der Waals surface area (Å²) in [7, 11) is 1.68. The highest BCUT2D eigenvalue weighted by atomic mass is 16.5. The molecule has 19 heavy (non-hydrogen) atoms. The van der Waals surface area contributed by atoms with Gasteiger partial charge in [0.2, 0.25) is 0 Å². The number of aromatic nitrogens is 2. The van der Waals surface area contributed by atoms with Crippen LogP contribution in [0.5, 0.6) is 5.75 Å². The van der Waals surface area contributed by atoms with Gasteiger partial charge in [0.05, 0.1) is 25.0 Å². The molecule has 3 nitrogen and oxygen atoms in total. The van der Waals surface area contributed by atoms with Crippen LogP contribution in [-0.4, -0.2) is 16.5 Å². The summed E-state index contributed by atoms with van der Waals surface area (Å²) in [6.45, 7) is 2.13. The summed E-state index contributed by atoms with van der Waals surface area (Å²) < 4.78 is 7.36. The van der Waals surface area contributed by atoms with Crippen molar-refractivity contribution >= 4 is 5.52 Å². The molecule has 3 heteroatoms. The Hall–Kier alpha value is -2.29. The number of methoxy groups -OCH3 is 1. The highest BCUT2D eigenvalue weighted by Gasteiger charge is 2.07. The molecule has 0 N–H and O–H groups in total. The highest BCUT2D eigenvalue weighted by molar-refractivity contribution is 5.49. The van der Waals surface area contributed by atoms with Crippen molar-refractivity contribution < 1.29 is 4.74 Å². The first-order valence-corrected chi connectivity index (χ1v) is 6.32. The van der Waals surface area contributed by atoms with Crippen molar-refractivity contribution in [1.82, 2.24) is 9.38 Å².